The van der Waals surface area contributed by atoms with Crippen molar-refractivity contribution in [1.82, 2.24) is 5.32 Å². The van der Waals surface area contributed by atoms with Crippen molar-refractivity contribution in [3.05, 3.63) is 69.8 Å². The highest BCUT2D eigenvalue weighted by Crippen LogP contribution is 2.27. The molecule has 28 heavy (non-hydrogen) atoms. The summed E-state index contributed by atoms with van der Waals surface area (Å²) in [6, 6.07) is 14.2. The molecule has 0 saturated carbocycles. The summed E-state index contributed by atoms with van der Waals surface area (Å²) in [6.07, 6.45) is 1.86. The quantitative estimate of drug-likeness (QED) is 0.459. The van der Waals surface area contributed by atoms with Crippen molar-refractivity contribution in [2.45, 2.75) is 11.7 Å². The highest BCUT2D eigenvalue weighted by Gasteiger charge is 2.32. The molecule has 1 aliphatic heterocycles. The Morgan fingerprint density at radius 1 is 1.21 bits per heavy atom. The summed E-state index contributed by atoms with van der Waals surface area (Å²) >= 11 is 1.22. The van der Waals surface area contributed by atoms with Crippen LogP contribution in [0.3, 0.4) is 0 Å². The molecule has 8 nitrogen and oxygen atoms in total. The number of thioether (sulfide) groups is 1. The molecule has 2 aromatic carbocycles. The van der Waals surface area contributed by atoms with Crippen molar-refractivity contribution in [2.24, 2.45) is 10.2 Å². The number of rotatable bonds is 6. The first-order chi connectivity index (χ1) is 13.4. The number of carbonyl (C=O) groups is 1. The fourth-order valence-electron chi connectivity index (χ4n) is 2.65. The average molecular weight is 397 g/mol. The molecule has 1 fully saturated rings. The molecule has 1 aliphatic rings. The summed E-state index contributed by atoms with van der Waals surface area (Å²) in [6.45, 7) is 0. The Bertz CT molecular complexity index is 941. The molecule has 0 spiro atoms. The number of carbonyl (C=O) groups excluding carboxylic acids is 1. The number of anilines is 1. The number of hydrogen-bond donors (Lipinski definition) is 1. The highest BCUT2D eigenvalue weighted by molar-refractivity contribution is 8.15. The molecular weight excluding hydrogens is 378 g/mol. The predicted octanol–water partition coefficient (Wildman–Crippen LogP) is 2.83. The summed E-state index contributed by atoms with van der Waals surface area (Å²) in [5.74, 6) is -0.229. The maximum atomic E-state index is 12.2. The molecule has 0 aromatic heterocycles. The van der Waals surface area contributed by atoms with Crippen molar-refractivity contribution in [1.29, 1.82) is 0 Å². The van der Waals surface area contributed by atoms with E-state index in [4.69, 9.17) is 0 Å². The first kappa shape index (κ1) is 19.6. The maximum Gasteiger partial charge on any atom is 0.272 e. The molecule has 1 atom stereocenters. The minimum absolute atomic E-state index is 0.0143. The standard InChI is InChI=1S/C19H19N5O3S/c1-23(2)15-9-7-13(8-10-15)12-20-22-19-21-18(25)17(28-19)11-14-5-3-4-6-16(14)24(26)27/h3-10,12,17H,11H2,1-2H3,(H,21,22,25). The van der Waals surface area contributed by atoms with Gasteiger partial charge in [0.15, 0.2) is 5.17 Å². The number of amides is 1. The Kier molecular flexibility index (Phi) is 6.05. The van der Waals surface area contributed by atoms with Crippen LogP contribution in [-0.4, -0.2) is 41.6 Å². The van der Waals surface area contributed by atoms with Gasteiger partial charge in [-0.25, -0.2) is 0 Å². The van der Waals surface area contributed by atoms with Crippen molar-refractivity contribution in [3.63, 3.8) is 0 Å². The van der Waals surface area contributed by atoms with Crippen LogP contribution in [0.4, 0.5) is 11.4 Å². The first-order valence-electron chi connectivity index (χ1n) is 8.52. The van der Waals surface area contributed by atoms with Crippen molar-refractivity contribution in [3.8, 4) is 0 Å². The van der Waals surface area contributed by atoms with Crippen LogP contribution in [-0.2, 0) is 11.2 Å². The summed E-state index contributed by atoms with van der Waals surface area (Å²) in [4.78, 5) is 24.9. The Morgan fingerprint density at radius 3 is 2.61 bits per heavy atom. The van der Waals surface area contributed by atoms with Gasteiger partial charge < -0.3 is 10.2 Å². The van der Waals surface area contributed by atoms with E-state index in [0.717, 1.165) is 11.3 Å². The van der Waals surface area contributed by atoms with E-state index in [1.807, 2.05) is 43.3 Å². The van der Waals surface area contributed by atoms with Crippen LogP contribution in [0.15, 0.2) is 58.7 Å². The number of amidine groups is 1. The third-order valence-corrected chi connectivity index (χ3v) is 5.21. The second-order valence-electron chi connectivity index (χ2n) is 6.32. The Balaban J connectivity index is 1.65. The summed E-state index contributed by atoms with van der Waals surface area (Å²) < 4.78 is 0. The zero-order valence-corrected chi connectivity index (χ0v) is 16.2. The van der Waals surface area contributed by atoms with Crippen LogP contribution in [0.5, 0.6) is 0 Å². The van der Waals surface area contributed by atoms with Gasteiger partial charge in [-0.3, -0.25) is 14.9 Å². The SMILES string of the molecule is CN(C)c1ccc(C=N/N=C2\NC(=O)C(Cc3ccccc3[N+](=O)[O-])S2)cc1. The van der Waals surface area contributed by atoms with Crippen molar-refractivity contribution >= 4 is 40.4 Å². The molecule has 3 rings (SSSR count). The molecule has 2 aromatic rings. The van der Waals surface area contributed by atoms with Gasteiger partial charge in [-0.15, -0.1) is 5.10 Å². The number of para-hydroxylation sites is 1. The van der Waals surface area contributed by atoms with Gasteiger partial charge in [0.25, 0.3) is 5.69 Å². The molecule has 144 valence electrons. The van der Waals surface area contributed by atoms with Crippen molar-refractivity contribution in [2.75, 3.05) is 19.0 Å². The van der Waals surface area contributed by atoms with Gasteiger partial charge in [0.1, 0.15) is 0 Å². The molecule has 0 radical (unpaired) electrons. The van der Waals surface area contributed by atoms with E-state index in [2.05, 4.69) is 15.5 Å². The largest absolute Gasteiger partial charge is 0.378 e. The lowest BCUT2D eigenvalue weighted by Crippen LogP contribution is -2.26. The molecule has 1 N–H and O–H groups in total. The topological polar surface area (TPSA) is 100 Å². The number of nitrogens with zero attached hydrogens (tertiary/aromatic N) is 4. The van der Waals surface area contributed by atoms with Crippen molar-refractivity contribution < 1.29 is 9.72 Å². The van der Waals surface area contributed by atoms with E-state index in [1.54, 1.807) is 24.4 Å². The minimum Gasteiger partial charge on any atom is -0.378 e. The average Bonchev–Trinajstić information content (AvgIpc) is 3.01. The Labute approximate surface area is 166 Å². The highest BCUT2D eigenvalue weighted by atomic mass is 32.2. The predicted molar refractivity (Wildman–Crippen MR) is 112 cm³/mol. The monoisotopic (exact) mass is 397 g/mol. The lowest BCUT2D eigenvalue weighted by atomic mass is 10.1. The normalized spacial score (nSPS) is 17.9. The fraction of sp³-hybridized carbons (Fsp3) is 0.211. The zero-order valence-electron chi connectivity index (χ0n) is 15.4. The van der Waals surface area contributed by atoms with Crippen LogP contribution >= 0.6 is 11.8 Å². The van der Waals surface area contributed by atoms with E-state index >= 15 is 0 Å². The van der Waals surface area contributed by atoms with Crippen LogP contribution in [0.1, 0.15) is 11.1 Å². The molecular formula is C19H19N5O3S. The smallest absolute Gasteiger partial charge is 0.272 e. The van der Waals surface area contributed by atoms with Gasteiger partial charge in [-0.1, -0.05) is 42.1 Å². The van der Waals surface area contributed by atoms with E-state index in [1.165, 1.54) is 17.8 Å². The van der Waals surface area contributed by atoms with E-state index in [-0.39, 0.29) is 18.0 Å². The first-order valence-corrected chi connectivity index (χ1v) is 9.40. The van der Waals surface area contributed by atoms with Gasteiger partial charge >= 0.3 is 0 Å². The molecule has 1 heterocycles. The maximum absolute atomic E-state index is 12.2. The molecule has 1 amide bonds. The zero-order chi connectivity index (χ0) is 20.1. The van der Waals surface area contributed by atoms with Crippen LogP contribution in [0.2, 0.25) is 0 Å². The van der Waals surface area contributed by atoms with Gasteiger partial charge in [-0.05, 0) is 17.7 Å². The van der Waals surface area contributed by atoms with Gasteiger partial charge in [0.2, 0.25) is 5.91 Å². The molecule has 1 unspecified atom stereocenters. The van der Waals surface area contributed by atoms with E-state index < -0.39 is 10.2 Å². The van der Waals surface area contributed by atoms with Gasteiger partial charge in [-0.2, -0.15) is 5.10 Å². The van der Waals surface area contributed by atoms with Crippen LogP contribution < -0.4 is 10.2 Å². The second-order valence-corrected chi connectivity index (χ2v) is 7.51. The summed E-state index contributed by atoms with van der Waals surface area (Å²) in [7, 11) is 3.94. The Hall–Kier alpha value is -3.20. The van der Waals surface area contributed by atoms with Crippen LogP contribution in [0, 0.1) is 10.1 Å². The number of benzene rings is 2. The number of nitrogens with one attached hydrogen (secondary N) is 1. The number of nitro benzene ring substituents is 1. The minimum atomic E-state index is -0.477. The molecule has 1 saturated heterocycles. The molecule has 0 aliphatic carbocycles. The fourth-order valence-corrected chi connectivity index (χ4v) is 3.61. The summed E-state index contributed by atoms with van der Waals surface area (Å²) in [5, 5.41) is 21.8. The van der Waals surface area contributed by atoms with Gasteiger partial charge in [0.05, 0.1) is 16.4 Å². The third kappa shape index (κ3) is 4.74. The lowest BCUT2D eigenvalue weighted by Gasteiger charge is -2.11. The summed E-state index contributed by atoms with van der Waals surface area (Å²) in [5.41, 5.74) is 2.51. The third-order valence-electron chi connectivity index (χ3n) is 4.13. The van der Waals surface area contributed by atoms with E-state index in [9.17, 15) is 14.9 Å². The van der Waals surface area contributed by atoms with E-state index in [0.29, 0.717) is 10.7 Å². The lowest BCUT2D eigenvalue weighted by molar-refractivity contribution is -0.385. The number of hydrogen-bond acceptors (Lipinski definition) is 7. The number of nitro groups is 1. The van der Waals surface area contributed by atoms with Gasteiger partial charge in [0, 0.05) is 37.8 Å². The molecule has 9 heteroatoms. The second kappa shape index (κ2) is 8.66. The molecule has 0 bridgehead atoms. The van der Waals surface area contributed by atoms with Crippen LogP contribution in [0.25, 0.3) is 0 Å². The Morgan fingerprint density at radius 2 is 1.93 bits per heavy atom.